The van der Waals surface area contributed by atoms with Crippen molar-refractivity contribution in [2.75, 3.05) is 13.1 Å². The third-order valence-corrected chi connectivity index (χ3v) is 4.69. The molecule has 0 radical (unpaired) electrons. The van der Waals surface area contributed by atoms with E-state index >= 15 is 0 Å². The molecular formula is C22H28N2O3. The van der Waals surface area contributed by atoms with Crippen LogP contribution in [0.1, 0.15) is 43.2 Å². The van der Waals surface area contributed by atoms with Crippen LogP contribution in [0.25, 0.3) is 0 Å². The van der Waals surface area contributed by atoms with E-state index in [9.17, 15) is 14.8 Å². The summed E-state index contributed by atoms with van der Waals surface area (Å²) in [6.45, 7) is 2.52. The van der Waals surface area contributed by atoms with Gasteiger partial charge in [0.2, 0.25) is 12.3 Å². The first-order valence-electron chi connectivity index (χ1n) is 9.44. The van der Waals surface area contributed by atoms with Gasteiger partial charge in [-0.1, -0.05) is 80.4 Å². The summed E-state index contributed by atoms with van der Waals surface area (Å²) in [4.78, 5) is 23.4. The molecular weight excluding hydrogens is 340 g/mol. The van der Waals surface area contributed by atoms with Crippen molar-refractivity contribution in [2.24, 2.45) is 5.92 Å². The number of nitrogens with one attached hydrogen (secondary N) is 1. The zero-order valence-corrected chi connectivity index (χ0v) is 15.8. The van der Waals surface area contributed by atoms with Crippen LogP contribution >= 0.6 is 0 Å². The molecule has 0 aromatic heterocycles. The van der Waals surface area contributed by atoms with Crippen molar-refractivity contribution >= 4 is 12.3 Å². The smallest absolute Gasteiger partial charge is 0.233 e. The maximum Gasteiger partial charge on any atom is 0.233 e. The van der Waals surface area contributed by atoms with E-state index in [0.717, 1.165) is 24.0 Å². The average molecular weight is 368 g/mol. The first kappa shape index (κ1) is 20.6. The van der Waals surface area contributed by atoms with Gasteiger partial charge in [-0.3, -0.25) is 14.8 Å². The van der Waals surface area contributed by atoms with Crippen molar-refractivity contribution in [3.8, 4) is 0 Å². The van der Waals surface area contributed by atoms with E-state index in [1.54, 1.807) is 0 Å². The van der Waals surface area contributed by atoms with Gasteiger partial charge in [0.1, 0.15) is 0 Å². The number of nitrogens with zero attached hydrogens (tertiary/aromatic N) is 1. The lowest BCUT2D eigenvalue weighted by molar-refractivity contribution is -0.154. The summed E-state index contributed by atoms with van der Waals surface area (Å²) in [5, 5.41) is 13.1. The SMILES string of the molecule is CCCC[C@H](CN(O)C=O)C(=O)NCC(c1ccccc1)c1ccccc1. The lowest BCUT2D eigenvalue weighted by Gasteiger charge is -2.23. The maximum atomic E-state index is 12.7. The molecule has 0 saturated carbocycles. The molecule has 5 nitrogen and oxygen atoms in total. The Bertz CT molecular complexity index is 652. The summed E-state index contributed by atoms with van der Waals surface area (Å²) >= 11 is 0. The highest BCUT2D eigenvalue weighted by Gasteiger charge is 2.22. The van der Waals surface area contributed by atoms with Crippen LogP contribution in [0.2, 0.25) is 0 Å². The third kappa shape index (κ3) is 6.53. The number of amides is 2. The quantitative estimate of drug-likeness (QED) is 0.362. The molecule has 0 spiro atoms. The Balaban J connectivity index is 2.10. The molecule has 2 rings (SSSR count). The Kier molecular flexibility index (Phi) is 8.52. The van der Waals surface area contributed by atoms with E-state index in [1.807, 2.05) is 43.3 Å². The van der Waals surface area contributed by atoms with E-state index < -0.39 is 5.92 Å². The van der Waals surface area contributed by atoms with Gasteiger partial charge >= 0.3 is 0 Å². The number of rotatable bonds is 11. The van der Waals surface area contributed by atoms with Gasteiger partial charge in [-0.15, -0.1) is 0 Å². The molecule has 0 saturated heterocycles. The van der Waals surface area contributed by atoms with Crippen molar-refractivity contribution in [3.05, 3.63) is 71.8 Å². The van der Waals surface area contributed by atoms with E-state index in [1.165, 1.54) is 0 Å². The topological polar surface area (TPSA) is 69.6 Å². The van der Waals surface area contributed by atoms with Crippen LogP contribution in [0.4, 0.5) is 0 Å². The minimum Gasteiger partial charge on any atom is -0.355 e. The van der Waals surface area contributed by atoms with Gasteiger partial charge in [-0.25, -0.2) is 5.06 Å². The lowest BCUT2D eigenvalue weighted by Crippen LogP contribution is -2.39. The summed E-state index contributed by atoms with van der Waals surface area (Å²) in [7, 11) is 0. The molecule has 0 fully saturated rings. The fraction of sp³-hybridized carbons (Fsp3) is 0.364. The normalized spacial score (nSPS) is 11.8. The van der Waals surface area contributed by atoms with E-state index in [4.69, 9.17) is 0 Å². The van der Waals surface area contributed by atoms with E-state index in [2.05, 4.69) is 29.6 Å². The maximum absolute atomic E-state index is 12.7. The number of hydrogen-bond acceptors (Lipinski definition) is 3. The second-order valence-corrected chi connectivity index (χ2v) is 6.69. The van der Waals surface area contributed by atoms with Gasteiger partial charge in [0, 0.05) is 12.5 Å². The molecule has 0 aliphatic heterocycles. The molecule has 5 heteroatoms. The fourth-order valence-corrected chi connectivity index (χ4v) is 3.17. The number of carbonyl (C=O) groups excluding carboxylic acids is 2. The Morgan fingerprint density at radius 2 is 1.63 bits per heavy atom. The number of benzene rings is 2. The fourth-order valence-electron chi connectivity index (χ4n) is 3.17. The summed E-state index contributed by atoms with van der Waals surface area (Å²) in [5.74, 6) is -0.520. The molecule has 27 heavy (non-hydrogen) atoms. The average Bonchev–Trinajstić information content (AvgIpc) is 2.72. The molecule has 0 bridgehead atoms. The zero-order chi connectivity index (χ0) is 19.5. The van der Waals surface area contributed by atoms with Crippen LogP contribution in [0, 0.1) is 5.92 Å². The van der Waals surface area contributed by atoms with Gasteiger partial charge in [0.05, 0.1) is 12.5 Å². The predicted octanol–water partition coefficient (Wildman–Crippen LogP) is 3.59. The standard InChI is InChI=1S/C22H28N2O3/c1-2-3-10-20(16-24(27)17-25)22(26)23-15-21(18-11-6-4-7-12-18)19-13-8-5-9-14-19/h4-9,11-14,17,20-21,27H,2-3,10,15-16H2,1H3,(H,23,26)/t20-/m1/s1. The van der Waals surface area contributed by atoms with Gasteiger partial charge in [0.25, 0.3) is 0 Å². The minimum absolute atomic E-state index is 0.0106. The van der Waals surface area contributed by atoms with E-state index in [0.29, 0.717) is 24.4 Å². The summed E-state index contributed by atoms with van der Waals surface area (Å²) < 4.78 is 0. The number of unbranched alkanes of at least 4 members (excludes halogenated alkanes) is 1. The first-order chi connectivity index (χ1) is 13.2. The van der Waals surface area contributed by atoms with Crippen LogP contribution in [0.5, 0.6) is 0 Å². The Hall–Kier alpha value is -2.66. The Morgan fingerprint density at radius 1 is 1.07 bits per heavy atom. The monoisotopic (exact) mass is 368 g/mol. The second kappa shape index (κ2) is 11.1. The molecule has 0 heterocycles. The van der Waals surface area contributed by atoms with Gasteiger partial charge in [-0.2, -0.15) is 0 Å². The highest BCUT2D eigenvalue weighted by atomic mass is 16.5. The highest BCUT2D eigenvalue weighted by molar-refractivity contribution is 5.79. The number of hydroxylamine groups is 2. The van der Waals surface area contributed by atoms with Crippen molar-refractivity contribution in [3.63, 3.8) is 0 Å². The van der Waals surface area contributed by atoms with Gasteiger partial charge in [0.15, 0.2) is 0 Å². The molecule has 2 aromatic carbocycles. The lowest BCUT2D eigenvalue weighted by atomic mass is 9.91. The van der Waals surface area contributed by atoms with Crippen molar-refractivity contribution < 1.29 is 14.8 Å². The largest absolute Gasteiger partial charge is 0.355 e. The van der Waals surface area contributed by atoms with Crippen LogP contribution in [0.15, 0.2) is 60.7 Å². The summed E-state index contributed by atoms with van der Waals surface area (Å²) in [6.07, 6.45) is 2.79. The third-order valence-electron chi connectivity index (χ3n) is 4.69. The number of hydrogen-bond donors (Lipinski definition) is 2. The Morgan fingerprint density at radius 3 is 2.11 bits per heavy atom. The van der Waals surface area contributed by atoms with Crippen LogP contribution in [-0.2, 0) is 9.59 Å². The van der Waals surface area contributed by atoms with Crippen molar-refractivity contribution in [2.45, 2.75) is 32.1 Å². The minimum atomic E-state index is -0.424. The zero-order valence-electron chi connectivity index (χ0n) is 15.8. The molecule has 0 unspecified atom stereocenters. The molecule has 0 aliphatic rings. The van der Waals surface area contributed by atoms with Crippen molar-refractivity contribution in [1.29, 1.82) is 0 Å². The molecule has 0 aliphatic carbocycles. The molecule has 2 aromatic rings. The second-order valence-electron chi connectivity index (χ2n) is 6.69. The molecule has 2 N–H and O–H groups in total. The van der Waals surface area contributed by atoms with Gasteiger partial charge in [-0.05, 0) is 17.5 Å². The van der Waals surface area contributed by atoms with Crippen LogP contribution < -0.4 is 5.32 Å². The molecule has 2 amide bonds. The number of carbonyl (C=O) groups is 2. The highest BCUT2D eigenvalue weighted by Crippen LogP contribution is 2.24. The summed E-state index contributed by atoms with van der Waals surface area (Å²) in [5.41, 5.74) is 2.26. The summed E-state index contributed by atoms with van der Waals surface area (Å²) in [6, 6.07) is 20.1. The molecule has 144 valence electrons. The van der Waals surface area contributed by atoms with Crippen LogP contribution in [0.3, 0.4) is 0 Å². The van der Waals surface area contributed by atoms with Gasteiger partial charge < -0.3 is 5.32 Å². The predicted molar refractivity (Wildman–Crippen MR) is 105 cm³/mol. The molecule has 1 atom stereocenters. The van der Waals surface area contributed by atoms with Crippen LogP contribution in [-0.4, -0.2) is 35.7 Å². The Labute approximate surface area is 161 Å². The first-order valence-corrected chi connectivity index (χ1v) is 9.44. The van der Waals surface area contributed by atoms with Crippen molar-refractivity contribution in [1.82, 2.24) is 10.4 Å². The van der Waals surface area contributed by atoms with E-state index in [-0.39, 0.29) is 18.4 Å².